The largest absolute Gasteiger partial charge is 0.493 e. The number of carbonyl (C=O) groups excluding carboxylic acids is 1. The van der Waals surface area contributed by atoms with Crippen LogP contribution in [0.4, 0.5) is 0 Å². The third-order valence-corrected chi connectivity index (χ3v) is 5.93. The van der Waals surface area contributed by atoms with E-state index < -0.39 is 0 Å². The number of piperazine rings is 1. The Hall–Kier alpha value is -2.73. The Labute approximate surface area is 178 Å². The molecule has 0 unspecified atom stereocenters. The zero-order valence-corrected chi connectivity index (χ0v) is 18.1. The van der Waals surface area contributed by atoms with Crippen LogP contribution in [0.2, 0.25) is 0 Å². The van der Waals surface area contributed by atoms with Crippen LogP contribution in [0.25, 0.3) is 0 Å². The minimum absolute atomic E-state index is 0.0191. The number of carbonyl (C=O) groups is 1. The maximum Gasteiger partial charge on any atom is 0.254 e. The molecule has 1 amide bonds. The number of nitrogens with one attached hydrogen (secondary N) is 1. The van der Waals surface area contributed by atoms with Crippen molar-refractivity contribution in [2.75, 3.05) is 46.5 Å². The van der Waals surface area contributed by atoms with Crippen molar-refractivity contribution in [2.24, 2.45) is 0 Å². The van der Waals surface area contributed by atoms with Crippen molar-refractivity contribution in [3.05, 3.63) is 53.1 Å². The van der Waals surface area contributed by atoms with Gasteiger partial charge in [0.25, 0.3) is 5.91 Å². The maximum absolute atomic E-state index is 13.1. The van der Waals surface area contributed by atoms with E-state index in [-0.39, 0.29) is 5.91 Å². The molecule has 2 heterocycles. The van der Waals surface area contributed by atoms with E-state index in [0.717, 1.165) is 32.7 Å². The Bertz CT molecular complexity index is 870. The molecule has 1 N–H and O–H groups in total. The summed E-state index contributed by atoms with van der Waals surface area (Å²) in [5.74, 6) is 2.28. The maximum atomic E-state index is 13.1. The third-order valence-electron chi connectivity index (χ3n) is 5.93. The van der Waals surface area contributed by atoms with Gasteiger partial charge < -0.3 is 24.0 Å². The molecule has 0 atom stereocenters. The summed E-state index contributed by atoms with van der Waals surface area (Å²) in [6, 6.07) is 12.5. The fraction of sp³-hybridized carbons (Fsp3) is 0.458. The van der Waals surface area contributed by atoms with E-state index in [2.05, 4.69) is 38.1 Å². The Balaban J connectivity index is 1.37. The monoisotopic (exact) mass is 411 g/mol. The van der Waals surface area contributed by atoms with Gasteiger partial charge in [-0.15, -0.1) is 0 Å². The first-order valence-corrected chi connectivity index (χ1v) is 10.7. The Morgan fingerprint density at radius 2 is 1.80 bits per heavy atom. The van der Waals surface area contributed by atoms with Crippen LogP contribution in [0, 0.1) is 0 Å². The number of nitrogens with zero attached hydrogens (tertiary/aromatic N) is 1. The number of hydrogen-bond donors (Lipinski definition) is 1. The predicted molar refractivity (Wildman–Crippen MR) is 115 cm³/mol. The van der Waals surface area contributed by atoms with Crippen LogP contribution >= 0.6 is 0 Å². The van der Waals surface area contributed by atoms with Gasteiger partial charge in [0.15, 0.2) is 11.5 Å². The van der Waals surface area contributed by atoms with Crippen LogP contribution < -0.4 is 19.1 Å². The van der Waals surface area contributed by atoms with Gasteiger partial charge >= 0.3 is 0 Å². The first-order valence-electron chi connectivity index (χ1n) is 10.7. The number of quaternary nitrogens is 1. The molecule has 0 aliphatic carbocycles. The zero-order chi connectivity index (χ0) is 21.1. The standard InChI is InChI=1S/C24H30N2O4/c1-17(2)19-6-4-18(5-7-19)16-25-8-10-26(11-9-25)24(27)20-14-21(28-3)23-22(15-20)29-12-13-30-23/h4-7,14-15,17H,8-13,16H2,1-3H3/p+1. The molecule has 0 saturated carbocycles. The molecule has 6 heteroatoms. The van der Waals surface area contributed by atoms with E-state index >= 15 is 0 Å². The molecule has 1 fully saturated rings. The van der Waals surface area contributed by atoms with E-state index in [1.165, 1.54) is 16.0 Å². The van der Waals surface area contributed by atoms with Crippen molar-refractivity contribution in [1.29, 1.82) is 0 Å². The summed E-state index contributed by atoms with van der Waals surface area (Å²) < 4.78 is 16.7. The molecule has 160 valence electrons. The average molecular weight is 412 g/mol. The summed E-state index contributed by atoms with van der Waals surface area (Å²) in [5, 5.41) is 0. The van der Waals surface area contributed by atoms with Crippen molar-refractivity contribution in [3.8, 4) is 17.2 Å². The number of ether oxygens (including phenoxy) is 3. The summed E-state index contributed by atoms with van der Waals surface area (Å²) in [7, 11) is 1.58. The summed E-state index contributed by atoms with van der Waals surface area (Å²) in [6.45, 7) is 9.78. The van der Waals surface area contributed by atoms with Crippen LogP contribution in [0.1, 0.15) is 41.3 Å². The van der Waals surface area contributed by atoms with Gasteiger partial charge in [0.1, 0.15) is 19.8 Å². The fourth-order valence-electron chi connectivity index (χ4n) is 4.09. The fourth-order valence-corrected chi connectivity index (χ4v) is 4.09. The molecule has 6 nitrogen and oxygen atoms in total. The SMILES string of the molecule is COc1cc(C(=O)N2CC[NH+](Cc3ccc(C(C)C)cc3)CC2)cc2c1OCCO2. The molecular formula is C24H31N2O4+. The summed E-state index contributed by atoms with van der Waals surface area (Å²) in [4.78, 5) is 16.5. The molecule has 30 heavy (non-hydrogen) atoms. The van der Waals surface area contributed by atoms with Gasteiger partial charge in [-0.1, -0.05) is 38.1 Å². The van der Waals surface area contributed by atoms with Crippen molar-refractivity contribution < 1.29 is 23.9 Å². The second-order valence-electron chi connectivity index (χ2n) is 8.32. The number of amides is 1. The van der Waals surface area contributed by atoms with Crippen LogP contribution in [0.3, 0.4) is 0 Å². The first-order chi connectivity index (χ1) is 14.5. The van der Waals surface area contributed by atoms with Crippen molar-refractivity contribution in [3.63, 3.8) is 0 Å². The lowest BCUT2D eigenvalue weighted by Gasteiger charge is -2.32. The van der Waals surface area contributed by atoms with E-state index in [1.54, 1.807) is 19.2 Å². The van der Waals surface area contributed by atoms with Gasteiger partial charge in [0, 0.05) is 11.1 Å². The van der Waals surface area contributed by atoms with Gasteiger partial charge in [-0.05, 0) is 23.6 Å². The number of rotatable bonds is 5. The number of fused-ring (bicyclic) bond motifs is 1. The van der Waals surface area contributed by atoms with Crippen LogP contribution in [-0.4, -0.2) is 57.3 Å². The van der Waals surface area contributed by atoms with Crippen molar-refractivity contribution in [2.45, 2.75) is 26.3 Å². The van der Waals surface area contributed by atoms with Gasteiger partial charge in [-0.2, -0.15) is 0 Å². The van der Waals surface area contributed by atoms with E-state index in [0.29, 0.717) is 41.9 Å². The molecule has 0 bridgehead atoms. The lowest BCUT2D eigenvalue weighted by molar-refractivity contribution is -0.917. The molecule has 2 aromatic rings. The average Bonchev–Trinajstić information content (AvgIpc) is 2.78. The molecule has 4 rings (SSSR count). The smallest absolute Gasteiger partial charge is 0.254 e. The zero-order valence-electron chi connectivity index (χ0n) is 18.1. The van der Waals surface area contributed by atoms with E-state index in [9.17, 15) is 4.79 Å². The van der Waals surface area contributed by atoms with Gasteiger partial charge in [0.2, 0.25) is 5.75 Å². The molecule has 2 aliphatic rings. The Morgan fingerprint density at radius 3 is 2.47 bits per heavy atom. The highest BCUT2D eigenvalue weighted by atomic mass is 16.6. The van der Waals surface area contributed by atoms with Crippen LogP contribution in [-0.2, 0) is 6.54 Å². The minimum Gasteiger partial charge on any atom is -0.493 e. The van der Waals surface area contributed by atoms with E-state index in [4.69, 9.17) is 14.2 Å². The Kier molecular flexibility index (Phi) is 6.13. The number of benzene rings is 2. The summed E-state index contributed by atoms with van der Waals surface area (Å²) in [6.07, 6.45) is 0. The molecule has 0 aromatic heterocycles. The predicted octanol–water partition coefficient (Wildman–Crippen LogP) is 2.13. The Morgan fingerprint density at radius 1 is 1.10 bits per heavy atom. The minimum atomic E-state index is 0.0191. The number of methoxy groups -OCH3 is 1. The third kappa shape index (κ3) is 4.38. The van der Waals surface area contributed by atoms with Crippen molar-refractivity contribution in [1.82, 2.24) is 4.90 Å². The van der Waals surface area contributed by atoms with Gasteiger partial charge in [0.05, 0.1) is 33.3 Å². The van der Waals surface area contributed by atoms with Crippen LogP contribution in [0.15, 0.2) is 36.4 Å². The number of hydrogen-bond acceptors (Lipinski definition) is 4. The second kappa shape index (κ2) is 8.96. The molecule has 2 aliphatic heterocycles. The molecular weight excluding hydrogens is 380 g/mol. The first kappa shape index (κ1) is 20.5. The second-order valence-corrected chi connectivity index (χ2v) is 8.32. The van der Waals surface area contributed by atoms with E-state index in [1.807, 2.05) is 4.90 Å². The topological polar surface area (TPSA) is 52.4 Å². The quantitative estimate of drug-likeness (QED) is 0.819. The normalized spacial score (nSPS) is 16.6. The molecule has 0 spiro atoms. The van der Waals surface area contributed by atoms with Gasteiger partial charge in [-0.3, -0.25) is 4.79 Å². The van der Waals surface area contributed by atoms with Crippen LogP contribution in [0.5, 0.6) is 17.2 Å². The van der Waals surface area contributed by atoms with Crippen molar-refractivity contribution >= 4 is 5.91 Å². The molecule has 1 saturated heterocycles. The highest BCUT2D eigenvalue weighted by Crippen LogP contribution is 2.40. The molecule has 2 aromatic carbocycles. The lowest BCUT2D eigenvalue weighted by Crippen LogP contribution is -3.13. The summed E-state index contributed by atoms with van der Waals surface area (Å²) in [5.41, 5.74) is 3.31. The highest BCUT2D eigenvalue weighted by Gasteiger charge is 2.27. The summed E-state index contributed by atoms with van der Waals surface area (Å²) >= 11 is 0. The van der Waals surface area contributed by atoms with Gasteiger partial charge in [-0.25, -0.2) is 0 Å². The lowest BCUT2D eigenvalue weighted by atomic mass is 10.0. The highest BCUT2D eigenvalue weighted by molar-refractivity contribution is 5.95. The molecule has 0 radical (unpaired) electrons.